The van der Waals surface area contributed by atoms with Gasteiger partial charge < -0.3 is 30.0 Å². The predicted octanol–water partition coefficient (Wildman–Crippen LogP) is -0.182. The van der Waals surface area contributed by atoms with Crippen LogP contribution in [0.3, 0.4) is 0 Å². The molecule has 18 nitrogen and oxygen atoms in total. The molecule has 9 unspecified atom stereocenters. The topological polar surface area (TPSA) is 236 Å². The van der Waals surface area contributed by atoms with Gasteiger partial charge in [-0.05, 0) is 6.07 Å². The molecule has 2 radical (unpaired) electrons. The predicted molar refractivity (Wildman–Crippen MR) is 145 cm³/mol. The van der Waals surface area contributed by atoms with Crippen LogP contribution in [0, 0.1) is 0 Å². The summed E-state index contributed by atoms with van der Waals surface area (Å²) < 4.78 is 103. The molecule has 7 heterocycles. The van der Waals surface area contributed by atoms with E-state index in [1.807, 2.05) is 0 Å². The first-order valence-electron chi connectivity index (χ1n) is 12.9. The number of nitrogen functional groups attached to an aromatic ring is 2. The lowest BCUT2D eigenvalue weighted by Crippen LogP contribution is -2.45. The van der Waals surface area contributed by atoms with E-state index in [1.165, 1.54) is 34.1 Å². The van der Waals surface area contributed by atoms with Gasteiger partial charge >= 0.3 is 10.3 Å². The number of ether oxygens (including phenoxy) is 2. The first-order chi connectivity index (χ1) is 20.9. The Labute approximate surface area is 247 Å². The summed E-state index contributed by atoms with van der Waals surface area (Å²) in [5, 5.41) is 0. The van der Waals surface area contributed by atoms with Gasteiger partial charge in [0.15, 0.2) is 41.9 Å². The maximum atomic E-state index is 15.9. The SMILES string of the molecule is [B]P1(=O)OCC2OC(n3cnc4c(N)ccnc43)C(F)C2OS(=O)(=O)NCC2OC(n3cnc4c(N)ncnc43)C(F)C2O1. The Balaban J connectivity index is 1.17. The van der Waals surface area contributed by atoms with E-state index < -0.39 is 80.1 Å². The standard InChI is InChI=1S/C21H22BF2N10O8PS/c22-43(35)38-4-10-16(12(24)21(40-10)33-6-30-13-8(25)1-2-27-18(13)33)42-44(36,37)32-3-9-15(41-43)11(23)20(39-9)34-7-31-14-17(26)28-5-29-19(14)34/h1-2,5-7,9-12,15-16,20-21,32H,3-4H2,(H2,25,27)(H2,26,28,29). The second-order valence-corrected chi connectivity index (χ2v) is 13.0. The maximum absolute atomic E-state index is 15.9. The number of nitrogens with two attached hydrogens (primary N) is 2. The minimum Gasteiger partial charge on any atom is -0.397 e. The van der Waals surface area contributed by atoms with E-state index in [0.29, 0.717) is 0 Å². The normalized spacial score (nSPS) is 36.0. The van der Waals surface area contributed by atoms with Gasteiger partial charge in [-0.2, -0.15) is 13.1 Å². The van der Waals surface area contributed by atoms with Gasteiger partial charge in [0.1, 0.15) is 41.8 Å². The number of aromatic nitrogens is 7. The summed E-state index contributed by atoms with van der Waals surface area (Å²) in [6.45, 7) is -1.43. The molecule has 0 spiro atoms. The Morgan fingerprint density at radius 2 is 1.61 bits per heavy atom. The van der Waals surface area contributed by atoms with Crippen LogP contribution in [0.5, 0.6) is 0 Å². The highest BCUT2D eigenvalue weighted by Crippen LogP contribution is 2.50. The molecule has 232 valence electrons. The first-order valence-corrected chi connectivity index (χ1v) is 15.9. The molecule has 23 heteroatoms. The van der Waals surface area contributed by atoms with Gasteiger partial charge in [0.05, 0.1) is 24.9 Å². The van der Waals surface area contributed by atoms with Crippen LogP contribution >= 0.6 is 7.47 Å². The largest absolute Gasteiger partial charge is 0.397 e. The number of alkyl halides is 2. The molecule has 44 heavy (non-hydrogen) atoms. The Bertz CT molecular complexity index is 1900. The van der Waals surface area contributed by atoms with E-state index in [1.54, 1.807) is 0 Å². The van der Waals surface area contributed by atoms with Gasteiger partial charge in [0, 0.05) is 12.7 Å². The third-order valence-electron chi connectivity index (χ3n) is 7.35. The molecule has 3 aliphatic heterocycles. The van der Waals surface area contributed by atoms with Gasteiger partial charge in [-0.1, -0.05) is 0 Å². The van der Waals surface area contributed by atoms with Crippen molar-refractivity contribution in [3.8, 4) is 0 Å². The lowest BCUT2D eigenvalue weighted by Gasteiger charge is -2.27. The van der Waals surface area contributed by atoms with Gasteiger partial charge in [-0.15, -0.1) is 0 Å². The van der Waals surface area contributed by atoms with Crippen molar-refractivity contribution in [2.75, 3.05) is 24.6 Å². The number of imidazole rings is 2. The average Bonchev–Trinajstić information content (AvgIpc) is 3.73. The van der Waals surface area contributed by atoms with Crippen LogP contribution in [0.1, 0.15) is 12.5 Å². The molecule has 0 aliphatic carbocycles. The molecule has 4 aromatic rings. The van der Waals surface area contributed by atoms with Crippen LogP contribution in [0.2, 0.25) is 0 Å². The molecule has 4 aromatic heterocycles. The number of nitrogens with zero attached hydrogens (tertiary/aromatic N) is 7. The minimum atomic E-state index is -4.74. The van der Waals surface area contributed by atoms with Crippen LogP contribution < -0.4 is 16.2 Å². The third-order valence-corrected chi connectivity index (χ3v) is 9.39. The maximum Gasteiger partial charge on any atom is 0.336 e. The summed E-state index contributed by atoms with van der Waals surface area (Å²) in [5.74, 6) is 0.0254. The molecule has 0 aromatic carbocycles. The Hall–Kier alpha value is -3.37. The van der Waals surface area contributed by atoms with E-state index in [0.717, 1.165) is 6.33 Å². The van der Waals surface area contributed by atoms with Crippen LogP contribution in [0.4, 0.5) is 20.3 Å². The summed E-state index contributed by atoms with van der Waals surface area (Å²) in [6, 6.07) is 1.49. The van der Waals surface area contributed by atoms with Crippen molar-refractivity contribution in [1.29, 1.82) is 0 Å². The highest BCUT2D eigenvalue weighted by molar-refractivity contribution is 7.84. The highest BCUT2D eigenvalue weighted by atomic mass is 32.2. The van der Waals surface area contributed by atoms with Crippen LogP contribution in [0.25, 0.3) is 22.3 Å². The minimum absolute atomic E-state index is 0.0254. The van der Waals surface area contributed by atoms with E-state index >= 15 is 8.78 Å². The number of pyridine rings is 1. The Morgan fingerprint density at radius 3 is 2.36 bits per heavy atom. The number of hydrogen-bond donors (Lipinski definition) is 3. The van der Waals surface area contributed by atoms with Crippen molar-refractivity contribution < 1.29 is 44.5 Å². The lowest BCUT2D eigenvalue weighted by atomic mass is 10.1. The smallest absolute Gasteiger partial charge is 0.336 e. The molecule has 3 fully saturated rings. The van der Waals surface area contributed by atoms with Crippen molar-refractivity contribution in [1.82, 2.24) is 38.8 Å². The quantitative estimate of drug-likeness (QED) is 0.188. The second kappa shape index (κ2) is 10.6. The van der Waals surface area contributed by atoms with Crippen LogP contribution in [0.15, 0.2) is 31.2 Å². The molecule has 0 bridgehead atoms. The van der Waals surface area contributed by atoms with Gasteiger partial charge in [0.25, 0.3) is 7.47 Å². The van der Waals surface area contributed by atoms with E-state index in [-0.39, 0.29) is 33.8 Å². The van der Waals surface area contributed by atoms with E-state index in [4.69, 9.17) is 41.7 Å². The fourth-order valence-corrected chi connectivity index (χ4v) is 7.28. The van der Waals surface area contributed by atoms with Crippen LogP contribution in [-0.2, 0) is 37.6 Å². The molecule has 3 aliphatic rings. The molecule has 5 N–H and O–H groups in total. The zero-order chi connectivity index (χ0) is 31.0. The molecule has 0 saturated carbocycles. The second-order valence-electron chi connectivity index (χ2n) is 10.1. The first kappa shape index (κ1) is 29.4. The van der Waals surface area contributed by atoms with E-state index in [9.17, 15) is 13.0 Å². The fourth-order valence-electron chi connectivity index (χ4n) is 5.31. The van der Waals surface area contributed by atoms with Gasteiger partial charge in [-0.3, -0.25) is 13.7 Å². The van der Waals surface area contributed by atoms with Crippen molar-refractivity contribution in [3.63, 3.8) is 0 Å². The number of fused-ring (bicyclic) bond motifs is 4. The van der Waals surface area contributed by atoms with Crippen molar-refractivity contribution in [3.05, 3.63) is 31.2 Å². The van der Waals surface area contributed by atoms with Crippen molar-refractivity contribution in [2.24, 2.45) is 0 Å². The summed E-state index contributed by atoms with van der Waals surface area (Å²) in [4.78, 5) is 20.2. The molecule has 0 amide bonds. The third kappa shape index (κ3) is 5.00. The van der Waals surface area contributed by atoms with Crippen molar-refractivity contribution in [2.45, 2.75) is 49.2 Å². The highest BCUT2D eigenvalue weighted by Gasteiger charge is 2.53. The average molecular weight is 654 g/mol. The number of halogens is 2. The summed E-state index contributed by atoms with van der Waals surface area (Å²) >= 11 is 0. The zero-order valence-electron chi connectivity index (χ0n) is 22.2. The monoisotopic (exact) mass is 654 g/mol. The number of nitrogens with one attached hydrogen (secondary N) is 1. The Morgan fingerprint density at radius 1 is 0.955 bits per heavy atom. The molecular formula is C21H22BF2N10O8PS. The summed E-state index contributed by atoms with van der Waals surface area (Å²) in [5.41, 5.74) is 12.7. The van der Waals surface area contributed by atoms with Gasteiger partial charge in [0.2, 0.25) is 7.57 Å². The molecule has 3 saturated heterocycles. The lowest BCUT2D eigenvalue weighted by molar-refractivity contribution is -0.0436. The Kier molecular flexibility index (Phi) is 7.08. The number of anilines is 2. The molecule has 7 rings (SSSR count). The van der Waals surface area contributed by atoms with E-state index in [2.05, 4.69) is 29.6 Å². The van der Waals surface area contributed by atoms with Crippen LogP contribution in [-0.4, -0.2) is 99.9 Å². The fraction of sp³-hybridized carbons (Fsp3) is 0.476. The summed E-state index contributed by atoms with van der Waals surface area (Å²) in [6.07, 6.45) is -8.77. The zero-order valence-corrected chi connectivity index (χ0v) is 23.9. The molecule has 9 atom stereocenters. The van der Waals surface area contributed by atoms with Crippen molar-refractivity contribution >= 4 is 59.2 Å². The molecular weight excluding hydrogens is 632 g/mol. The summed E-state index contributed by atoms with van der Waals surface area (Å²) in [7, 11) is -3.54. The number of rotatable bonds is 2. The van der Waals surface area contributed by atoms with Gasteiger partial charge in [-0.25, -0.2) is 37.9 Å². The number of hydrogen-bond acceptors (Lipinski definition) is 15.